The van der Waals surface area contributed by atoms with E-state index in [2.05, 4.69) is 5.16 Å². The van der Waals surface area contributed by atoms with Crippen LogP contribution < -0.4 is 0 Å². The Morgan fingerprint density at radius 2 is 1.67 bits per heavy atom. The summed E-state index contributed by atoms with van der Waals surface area (Å²) >= 11 is 0. The summed E-state index contributed by atoms with van der Waals surface area (Å²) in [5.41, 5.74) is -0.520. The predicted molar refractivity (Wildman–Crippen MR) is 64.7 cm³/mol. The summed E-state index contributed by atoms with van der Waals surface area (Å²) in [6.45, 7) is 7.07. The van der Waals surface area contributed by atoms with Crippen LogP contribution in [-0.4, -0.2) is 65.0 Å². The molecule has 1 aliphatic rings. The molecule has 0 unspecified atom stereocenters. The maximum Gasteiger partial charge on any atom is 0.410 e. The number of piperazine rings is 1. The molecule has 1 N–H and O–H groups in total. The van der Waals surface area contributed by atoms with Gasteiger partial charge in [-0.15, -0.1) is 0 Å². The molecule has 0 radical (unpaired) electrons. The SMILES string of the molecule is CC(C)(C)OC(=O)N1CCN(C(=O)/C=N\O)CC1. The third kappa shape index (κ3) is 4.23. The molecule has 1 fully saturated rings. The Bertz CT molecular complexity index is 341. The van der Waals surface area contributed by atoms with Crippen LogP contribution in [0.1, 0.15) is 20.8 Å². The second kappa shape index (κ2) is 5.70. The first-order chi connectivity index (χ1) is 8.33. The number of ether oxygens (including phenoxy) is 1. The number of rotatable bonds is 1. The highest BCUT2D eigenvalue weighted by molar-refractivity contribution is 6.25. The Labute approximate surface area is 106 Å². The van der Waals surface area contributed by atoms with E-state index >= 15 is 0 Å². The monoisotopic (exact) mass is 257 g/mol. The van der Waals surface area contributed by atoms with Crippen molar-refractivity contribution in [2.45, 2.75) is 26.4 Å². The second-order valence-corrected chi connectivity index (χ2v) is 5.04. The molecule has 7 heteroatoms. The molecule has 1 rings (SSSR count). The first kappa shape index (κ1) is 14.3. The fourth-order valence-electron chi connectivity index (χ4n) is 1.57. The molecule has 7 nitrogen and oxygen atoms in total. The molecule has 0 spiro atoms. The van der Waals surface area contributed by atoms with Crippen LogP contribution in [0.4, 0.5) is 4.79 Å². The van der Waals surface area contributed by atoms with Crippen molar-refractivity contribution in [3.8, 4) is 0 Å². The van der Waals surface area contributed by atoms with E-state index in [1.807, 2.05) is 20.8 Å². The number of hydrogen-bond acceptors (Lipinski definition) is 5. The zero-order valence-corrected chi connectivity index (χ0v) is 10.9. The van der Waals surface area contributed by atoms with Gasteiger partial charge in [0.15, 0.2) is 0 Å². The molecule has 0 atom stereocenters. The third-order valence-corrected chi connectivity index (χ3v) is 2.41. The lowest BCUT2D eigenvalue weighted by Crippen LogP contribution is -2.51. The summed E-state index contributed by atoms with van der Waals surface area (Å²) in [5.74, 6) is -0.360. The Hall–Kier alpha value is -1.79. The molecule has 0 aromatic carbocycles. The topological polar surface area (TPSA) is 82.4 Å². The quantitative estimate of drug-likeness (QED) is 0.422. The number of carbonyl (C=O) groups is 2. The highest BCUT2D eigenvalue weighted by atomic mass is 16.6. The van der Waals surface area contributed by atoms with E-state index in [1.54, 1.807) is 4.90 Å². The Kier molecular flexibility index (Phi) is 4.52. The molecule has 0 saturated carbocycles. The van der Waals surface area contributed by atoms with Crippen LogP contribution in [0, 0.1) is 0 Å². The third-order valence-electron chi connectivity index (χ3n) is 2.41. The van der Waals surface area contributed by atoms with Gasteiger partial charge in [-0.1, -0.05) is 5.16 Å². The van der Waals surface area contributed by atoms with Crippen LogP contribution in [-0.2, 0) is 9.53 Å². The fraction of sp³-hybridized carbons (Fsp3) is 0.727. The molecule has 102 valence electrons. The average Bonchev–Trinajstić information content (AvgIpc) is 2.27. The number of amides is 2. The van der Waals surface area contributed by atoms with Crippen LogP contribution in [0.5, 0.6) is 0 Å². The average molecular weight is 257 g/mol. The number of hydrogen-bond donors (Lipinski definition) is 1. The van der Waals surface area contributed by atoms with E-state index in [-0.39, 0.29) is 12.0 Å². The number of nitrogens with zero attached hydrogens (tertiary/aromatic N) is 3. The van der Waals surface area contributed by atoms with Gasteiger partial charge in [0, 0.05) is 26.2 Å². The van der Waals surface area contributed by atoms with E-state index in [0.29, 0.717) is 26.2 Å². The van der Waals surface area contributed by atoms with Crippen molar-refractivity contribution in [3.63, 3.8) is 0 Å². The molecule has 2 amide bonds. The molecule has 1 saturated heterocycles. The Morgan fingerprint density at radius 3 is 2.11 bits per heavy atom. The molecule has 0 bridgehead atoms. The summed E-state index contributed by atoms with van der Waals surface area (Å²) in [6, 6.07) is 0. The minimum absolute atomic E-state index is 0.360. The van der Waals surface area contributed by atoms with Gasteiger partial charge < -0.3 is 19.7 Å². The molecular formula is C11H19N3O4. The summed E-state index contributed by atoms with van der Waals surface area (Å²) in [5, 5.41) is 11.0. The van der Waals surface area contributed by atoms with Gasteiger partial charge in [0.1, 0.15) is 11.8 Å². The summed E-state index contributed by atoms with van der Waals surface area (Å²) in [7, 11) is 0. The van der Waals surface area contributed by atoms with Crippen LogP contribution in [0.3, 0.4) is 0 Å². The van der Waals surface area contributed by atoms with Gasteiger partial charge in [0.2, 0.25) is 0 Å². The normalized spacial score (nSPS) is 17.1. The Balaban J connectivity index is 2.44. The molecular weight excluding hydrogens is 238 g/mol. The zero-order valence-electron chi connectivity index (χ0n) is 10.9. The zero-order chi connectivity index (χ0) is 13.8. The van der Waals surface area contributed by atoms with Gasteiger partial charge in [0.05, 0.1) is 0 Å². The minimum atomic E-state index is -0.520. The largest absolute Gasteiger partial charge is 0.444 e. The smallest absolute Gasteiger partial charge is 0.410 e. The van der Waals surface area contributed by atoms with Crippen LogP contribution in [0.25, 0.3) is 0 Å². The van der Waals surface area contributed by atoms with Crippen LogP contribution in [0.15, 0.2) is 5.16 Å². The van der Waals surface area contributed by atoms with Crippen molar-refractivity contribution >= 4 is 18.2 Å². The summed E-state index contributed by atoms with van der Waals surface area (Å²) in [4.78, 5) is 26.2. The van der Waals surface area contributed by atoms with Crippen molar-refractivity contribution in [1.82, 2.24) is 9.80 Å². The van der Waals surface area contributed by atoms with Crippen LogP contribution >= 0.6 is 0 Å². The van der Waals surface area contributed by atoms with E-state index in [4.69, 9.17) is 9.94 Å². The van der Waals surface area contributed by atoms with Crippen molar-refractivity contribution in [2.75, 3.05) is 26.2 Å². The number of carbonyl (C=O) groups excluding carboxylic acids is 2. The van der Waals surface area contributed by atoms with E-state index < -0.39 is 5.60 Å². The Morgan fingerprint density at radius 1 is 1.17 bits per heavy atom. The standard InChI is InChI=1S/C11H19N3O4/c1-11(2,3)18-10(16)14-6-4-13(5-7-14)9(15)8-12-17/h8,17H,4-7H2,1-3H3/b12-8-. The summed E-state index contributed by atoms with van der Waals surface area (Å²) in [6.07, 6.45) is 0.480. The molecule has 1 heterocycles. The van der Waals surface area contributed by atoms with Crippen molar-refractivity contribution < 1.29 is 19.5 Å². The molecule has 0 aromatic rings. The van der Waals surface area contributed by atoms with E-state index in [0.717, 1.165) is 6.21 Å². The molecule has 18 heavy (non-hydrogen) atoms. The van der Waals surface area contributed by atoms with Gasteiger partial charge in [-0.25, -0.2) is 4.79 Å². The minimum Gasteiger partial charge on any atom is -0.444 e. The lowest BCUT2D eigenvalue weighted by molar-refractivity contribution is -0.125. The van der Waals surface area contributed by atoms with Gasteiger partial charge in [-0.05, 0) is 20.8 Å². The van der Waals surface area contributed by atoms with E-state index in [1.165, 1.54) is 4.90 Å². The van der Waals surface area contributed by atoms with Gasteiger partial charge in [-0.2, -0.15) is 0 Å². The molecule has 1 aliphatic heterocycles. The van der Waals surface area contributed by atoms with Gasteiger partial charge in [-0.3, -0.25) is 4.79 Å². The van der Waals surface area contributed by atoms with Crippen molar-refractivity contribution in [1.29, 1.82) is 0 Å². The molecule has 0 aromatic heterocycles. The second-order valence-electron chi connectivity index (χ2n) is 5.04. The predicted octanol–water partition coefficient (Wildman–Crippen LogP) is 0.526. The highest BCUT2D eigenvalue weighted by Crippen LogP contribution is 2.11. The van der Waals surface area contributed by atoms with Crippen molar-refractivity contribution in [3.05, 3.63) is 0 Å². The highest BCUT2D eigenvalue weighted by Gasteiger charge is 2.27. The lowest BCUT2D eigenvalue weighted by Gasteiger charge is -2.34. The maximum atomic E-state index is 11.7. The lowest BCUT2D eigenvalue weighted by atomic mass is 10.2. The fourth-order valence-corrected chi connectivity index (χ4v) is 1.57. The van der Waals surface area contributed by atoms with Gasteiger partial charge in [0.25, 0.3) is 5.91 Å². The van der Waals surface area contributed by atoms with Crippen molar-refractivity contribution in [2.24, 2.45) is 5.16 Å². The van der Waals surface area contributed by atoms with Gasteiger partial charge >= 0.3 is 6.09 Å². The first-order valence-electron chi connectivity index (χ1n) is 5.78. The molecule has 0 aliphatic carbocycles. The van der Waals surface area contributed by atoms with E-state index in [9.17, 15) is 9.59 Å². The van der Waals surface area contributed by atoms with Crippen LogP contribution in [0.2, 0.25) is 0 Å². The maximum absolute atomic E-state index is 11.7. The summed E-state index contributed by atoms with van der Waals surface area (Å²) < 4.78 is 5.24. The first-order valence-corrected chi connectivity index (χ1v) is 5.78. The number of oxime groups is 1.